The van der Waals surface area contributed by atoms with Gasteiger partial charge in [0.15, 0.2) is 6.61 Å². The number of hydrogen-bond acceptors (Lipinski definition) is 3. The maximum absolute atomic E-state index is 12.3. The average molecular weight is 383 g/mol. The number of aryl methyl sites for hydroxylation is 1. The fourth-order valence-electron chi connectivity index (χ4n) is 2.77. The van der Waals surface area contributed by atoms with E-state index in [1.165, 1.54) is 6.07 Å². The molecule has 0 saturated heterocycles. The van der Waals surface area contributed by atoms with Crippen LogP contribution in [0.1, 0.15) is 41.6 Å². The normalized spacial score (nSPS) is 10.8. The summed E-state index contributed by atoms with van der Waals surface area (Å²) in [5.41, 5.74) is 2.61. The molecule has 0 unspecified atom stereocenters. The molecule has 0 saturated carbocycles. The van der Waals surface area contributed by atoms with Gasteiger partial charge < -0.3 is 14.6 Å². The van der Waals surface area contributed by atoms with Crippen molar-refractivity contribution in [3.8, 4) is 0 Å². The largest absolute Gasteiger partial charge is 0.452 e. The number of amides is 1. The van der Waals surface area contributed by atoms with Crippen LogP contribution in [0.5, 0.6) is 0 Å². The summed E-state index contributed by atoms with van der Waals surface area (Å²) in [6.07, 6.45) is 0. The van der Waals surface area contributed by atoms with Crippen LogP contribution in [0.25, 0.3) is 0 Å². The molecule has 0 aliphatic heterocycles. The first-order valence-electron chi connectivity index (χ1n) is 7.81. The molecule has 2 rings (SSSR count). The Kier molecular flexibility index (Phi) is 6.14. The zero-order chi connectivity index (χ0) is 18.7. The van der Waals surface area contributed by atoms with Gasteiger partial charge in [-0.15, -0.1) is 0 Å². The van der Waals surface area contributed by atoms with Gasteiger partial charge in [-0.3, -0.25) is 4.79 Å². The summed E-state index contributed by atoms with van der Waals surface area (Å²) in [6, 6.07) is 6.72. The van der Waals surface area contributed by atoms with E-state index in [0.29, 0.717) is 21.3 Å². The molecule has 0 fully saturated rings. The highest BCUT2D eigenvalue weighted by molar-refractivity contribution is 6.35. The second-order valence-electron chi connectivity index (χ2n) is 6.00. The van der Waals surface area contributed by atoms with E-state index in [9.17, 15) is 9.59 Å². The number of benzene rings is 1. The minimum absolute atomic E-state index is 0.231. The van der Waals surface area contributed by atoms with Crippen molar-refractivity contribution < 1.29 is 14.3 Å². The van der Waals surface area contributed by atoms with Gasteiger partial charge >= 0.3 is 5.97 Å². The third-order valence-electron chi connectivity index (χ3n) is 3.76. The quantitative estimate of drug-likeness (QED) is 0.756. The number of halogens is 2. The molecule has 0 aliphatic carbocycles. The van der Waals surface area contributed by atoms with Crippen molar-refractivity contribution in [2.24, 2.45) is 0 Å². The van der Waals surface area contributed by atoms with Crippen LogP contribution in [0.4, 0.5) is 5.69 Å². The summed E-state index contributed by atoms with van der Waals surface area (Å²) in [4.78, 5) is 24.3. The summed E-state index contributed by atoms with van der Waals surface area (Å²) in [5.74, 6) is -1.03. The molecule has 2 aromatic rings. The summed E-state index contributed by atoms with van der Waals surface area (Å²) in [5, 5.41) is 3.36. The van der Waals surface area contributed by atoms with Gasteiger partial charge in [0.2, 0.25) is 0 Å². The minimum atomic E-state index is -0.535. The number of carbonyl (C=O) groups excluding carboxylic acids is 2. The van der Waals surface area contributed by atoms with Gasteiger partial charge in [0.1, 0.15) is 0 Å². The molecule has 0 radical (unpaired) electrons. The molecule has 5 nitrogen and oxygen atoms in total. The molecule has 0 bridgehead atoms. The first-order chi connectivity index (χ1) is 11.7. The number of hydrogen-bond donors (Lipinski definition) is 1. The lowest BCUT2D eigenvalue weighted by Crippen LogP contribution is -2.21. The van der Waals surface area contributed by atoms with E-state index < -0.39 is 18.5 Å². The second kappa shape index (κ2) is 7.93. The van der Waals surface area contributed by atoms with Crippen LogP contribution in [-0.4, -0.2) is 23.1 Å². The van der Waals surface area contributed by atoms with Crippen molar-refractivity contribution in [1.82, 2.24) is 4.57 Å². The minimum Gasteiger partial charge on any atom is -0.452 e. The van der Waals surface area contributed by atoms with Crippen LogP contribution in [0, 0.1) is 13.8 Å². The SMILES string of the molecule is Cc1cc(C(=O)OCC(=O)Nc2cc(Cl)ccc2Cl)c(C)n1C(C)C. The predicted octanol–water partition coefficient (Wildman–Crippen LogP) is 4.79. The maximum atomic E-state index is 12.3. The zero-order valence-electron chi connectivity index (χ0n) is 14.5. The number of esters is 1. The molecule has 0 aliphatic rings. The smallest absolute Gasteiger partial charge is 0.340 e. The Labute approximate surface area is 156 Å². The summed E-state index contributed by atoms with van der Waals surface area (Å²) >= 11 is 11.9. The summed E-state index contributed by atoms with van der Waals surface area (Å²) < 4.78 is 7.16. The number of carbonyl (C=O) groups is 2. The lowest BCUT2D eigenvalue weighted by Gasteiger charge is -2.13. The van der Waals surface area contributed by atoms with Gasteiger partial charge in [0.05, 0.1) is 16.3 Å². The number of anilines is 1. The van der Waals surface area contributed by atoms with Crippen molar-refractivity contribution in [2.75, 3.05) is 11.9 Å². The van der Waals surface area contributed by atoms with Crippen LogP contribution in [0.3, 0.4) is 0 Å². The van der Waals surface area contributed by atoms with E-state index in [2.05, 4.69) is 5.32 Å². The highest BCUT2D eigenvalue weighted by Crippen LogP contribution is 2.25. The number of nitrogens with zero attached hydrogens (tertiary/aromatic N) is 1. The maximum Gasteiger partial charge on any atom is 0.340 e. The van der Waals surface area contributed by atoms with Crippen molar-refractivity contribution in [3.05, 3.63) is 51.3 Å². The molecule has 0 spiro atoms. The highest BCUT2D eigenvalue weighted by Gasteiger charge is 2.19. The Morgan fingerprint density at radius 1 is 1.20 bits per heavy atom. The number of nitrogens with one attached hydrogen (secondary N) is 1. The first-order valence-corrected chi connectivity index (χ1v) is 8.56. The average Bonchev–Trinajstić information content (AvgIpc) is 2.83. The Balaban J connectivity index is 2.01. The fraction of sp³-hybridized carbons (Fsp3) is 0.333. The lowest BCUT2D eigenvalue weighted by molar-refractivity contribution is -0.119. The molecule has 1 N–H and O–H groups in total. The Hall–Kier alpha value is -1.98. The van der Waals surface area contributed by atoms with E-state index in [1.807, 2.05) is 32.3 Å². The van der Waals surface area contributed by atoms with Gasteiger partial charge in [-0.25, -0.2) is 4.79 Å². The Bertz CT molecular complexity index is 813. The van der Waals surface area contributed by atoms with Gasteiger partial charge in [-0.1, -0.05) is 23.2 Å². The monoisotopic (exact) mass is 382 g/mol. The van der Waals surface area contributed by atoms with Crippen LogP contribution in [-0.2, 0) is 9.53 Å². The van der Waals surface area contributed by atoms with Crippen LogP contribution in [0.2, 0.25) is 10.0 Å². The van der Waals surface area contributed by atoms with Crippen molar-refractivity contribution in [1.29, 1.82) is 0 Å². The van der Waals surface area contributed by atoms with Crippen LogP contribution >= 0.6 is 23.2 Å². The van der Waals surface area contributed by atoms with Gasteiger partial charge in [0.25, 0.3) is 5.91 Å². The van der Waals surface area contributed by atoms with E-state index in [4.69, 9.17) is 27.9 Å². The van der Waals surface area contributed by atoms with Crippen LogP contribution < -0.4 is 5.32 Å². The van der Waals surface area contributed by atoms with Crippen molar-refractivity contribution in [2.45, 2.75) is 33.7 Å². The molecule has 25 heavy (non-hydrogen) atoms. The number of aromatic nitrogens is 1. The molecular formula is C18H20Cl2N2O3. The van der Waals surface area contributed by atoms with Crippen LogP contribution in [0.15, 0.2) is 24.3 Å². The van der Waals surface area contributed by atoms with E-state index in [-0.39, 0.29) is 6.04 Å². The van der Waals surface area contributed by atoms with Gasteiger partial charge in [-0.2, -0.15) is 0 Å². The molecule has 134 valence electrons. The van der Waals surface area contributed by atoms with Crippen molar-refractivity contribution >= 4 is 40.8 Å². The standard InChI is InChI=1S/C18H20Cl2N2O3/c1-10(2)22-11(3)7-14(12(22)4)18(24)25-9-17(23)21-16-8-13(19)5-6-15(16)20/h5-8,10H,9H2,1-4H3,(H,21,23). The van der Waals surface area contributed by atoms with E-state index in [0.717, 1.165) is 11.4 Å². The molecule has 1 amide bonds. The molecule has 1 heterocycles. The highest BCUT2D eigenvalue weighted by atomic mass is 35.5. The molecule has 1 aromatic carbocycles. The number of rotatable bonds is 5. The van der Waals surface area contributed by atoms with E-state index >= 15 is 0 Å². The lowest BCUT2D eigenvalue weighted by atomic mass is 10.2. The zero-order valence-corrected chi connectivity index (χ0v) is 16.0. The summed E-state index contributed by atoms with van der Waals surface area (Å²) in [7, 11) is 0. The predicted molar refractivity (Wildman–Crippen MR) is 99.7 cm³/mol. The topological polar surface area (TPSA) is 60.3 Å². The third-order valence-corrected chi connectivity index (χ3v) is 4.32. The van der Waals surface area contributed by atoms with Crippen molar-refractivity contribution in [3.63, 3.8) is 0 Å². The molecule has 1 aromatic heterocycles. The second-order valence-corrected chi connectivity index (χ2v) is 6.84. The first kappa shape index (κ1) is 19.3. The van der Waals surface area contributed by atoms with Gasteiger partial charge in [0, 0.05) is 22.5 Å². The molecular weight excluding hydrogens is 363 g/mol. The Morgan fingerprint density at radius 3 is 2.48 bits per heavy atom. The third kappa shape index (κ3) is 4.55. The Morgan fingerprint density at radius 2 is 1.88 bits per heavy atom. The van der Waals surface area contributed by atoms with Gasteiger partial charge in [-0.05, 0) is 52.0 Å². The fourth-order valence-corrected chi connectivity index (χ4v) is 3.10. The molecule has 0 atom stereocenters. The number of ether oxygens (including phenoxy) is 1. The molecule has 7 heteroatoms. The van der Waals surface area contributed by atoms with E-state index in [1.54, 1.807) is 18.2 Å². The summed E-state index contributed by atoms with van der Waals surface area (Å²) in [6.45, 7) is 7.45.